The SMILES string of the molecule is C[C@@H](CN(C)C(=O)C1C(C)(C)C1(C)C)C(=O)O. The largest absolute Gasteiger partial charge is 0.481 e. The van der Waals surface area contributed by atoms with Gasteiger partial charge in [0.2, 0.25) is 5.91 Å². The van der Waals surface area contributed by atoms with Crippen LogP contribution >= 0.6 is 0 Å². The van der Waals surface area contributed by atoms with Crippen molar-refractivity contribution in [2.75, 3.05) is 13.6 Å². The number of nitrogens with zero attached hydrogens (tertiary/aromatic N) is 1. The number of aliphatic carboxylic acids is 1. The normalized spacial score (nSPS) is 22.9. The van der Waals surface area contributed by atoms with Crippen LogP contribution in [0.5, 0.6) is 0 Å². The van der Waals surface area contributed by atoms with Gasteiger partial charge in [0.25, 0.3) is 0 Å². The minimum absolute atomic E-state index is 0.000921. The summed E-state index contributed by atoms with van der Waals surface area (Å²) in [5, 5.41) is 8.83. The molecule has 1 fully saturated rings. The molecule has 98 valence electrons. The van der Waals surface area contributed by atoms with Gasteiger partial charge in [-0.25, -0.2) is 0 Å². The lowest BCUT2D eigenvalue weighted by atomic mass is 10.0. The molecule has 1 amide bonds. The third kappa shape index (κ3) is 2.17. The molecule has 17 heavy (non-hydrogen) atoms. The van der Waals surface area contributed by atoms with E-state index in [0.717, 1.165) is 0 Å². The fourth-order valence-corrected chi connectivity index (χ4v) is 2.61. The Balaban J connectivity index is 2.65. The summed E-state index contributed by atoms with van der Waals surface area (Å²) in [5.74, 6) is -1.32. The molecule has 1 atom stereocenters. The van der Waals surface area contributed by atoms with E-state index in [0.29, 0.717) is 0 Å². The van der Waals surface area contributed by atoms with Crippen LogP contribution in [0.1, 0.15) is 34.6 Å². The fourth-order valence-electron chi connectivity index (χ4n) is 2.61. The van der Waals surface area contributed by atoms with Crippen molar-refractivity contribution in [3.8, 4) is 0 Å². The highest BCUT2D eigenvalue weighted by Crippen LogP contribution is 2.68. The molecule has 4 heteroatoms. The van der Waals surface area contributed by atoms with E-state index in [1.807, 2.05) is 0 Å². The van der Waals surface area contributed by atoms with Gasteiger partial charge in [0.1, 0.15) is 0 Å². The van der Waals surface area contributed by atoms with Gasteiger partial charge in [-0.15, -0.1) is 0 Å². The van der Waals surface area contributed by atoms with Crippen LogP contribution in [0.25, 0.3) is 0 Å². The van der Waals surface area contributed by atoms with E-state index in [9.17, 15) is 9.59 Å². The molecule has 0 aromatic heterocycles. The van der Waals surface area contributed by atoms with Crippen molar-refractivity contribution in [1.82, 2.24) is 4.90 Å². The number of amides is 1. The Kier molecular flexibility index (Phi) is 3.29. The predicted molar refractivity (Wildman–Crippen MR) is 65.5 cm³/mol. The molecule has 0 bridgehead atoms. The van der Waals surface area contributed by atoms with Crippen molar-refractivity contribution < 1.29 is 14.7 Å². The molecule has 0 aromatic carbocycles. The van der Waals surface area contributed by atoms with Gasteiger partial charge in [0.05, 0.1) is 5.92 Å². The summed E-state index contributed by atoms with van der Waals surface area (Å²) in [6.07, 6.45) is 0. The highest BCUT2D eigenvalue weighted by atomic mass is 16.4. The first kappa shape index (κ1) is 14.0. The Morgan fingerprint density at radius 3 is 1.94 bits per heavy atom. The van der Waals surface area contributed by atoms with E-state index in [-0.39, 0.29) is 29.2 Å². The van der Waals surface area contributed by atoms with E-state index < -0.39 is 11.9 Å². The molecule has 0 heterocycles. The van der Waals surface area contributed by atoms with Crippen LogP contribution in [-0.2, 0) is 9.59 Å². The topological polar surface area (TPSA) is 57.6 Å². The van der Waals surface area contributed by atoms with Gasteiger partial charge in [-0.05, 0) is 10.8 Å². The van der Waals surface area contributed by atoms with Crippen LogP contribution in [0, 0.1) is 22.7 Å². The quantitative estimate of drug-likeness (QED) is 0.817. The van der Waals surface area contributed by atoms with E-state index >= 15 is 0 Å². The zero-order valence-electron chi connectivity index (χ0n) is 11.6. The molecule has 0 unspecified atom stereocenters. The van der Waals surface area contributed by atoms with Crippen molar-refractivity contribution in [2.24, 2.45) is 22.7 Å². The van der Waals surface area contributed by atoms with Crippen molar-refractivity contribution in [3.05, 3.63) is 0 Å². The first-order valence-corrected chi connectivity index (χ1v) is 6.01. The molecule has 0 spiro atoms. The van der Waals surface area contributed by atoms with Crippen LogP contribution < -0.4 is 0 Å². The lowest BCUT2D eigenvalue weighted by Crippen LogP contribution is -2.35. The Morgan fingerprint density at radius 1 is 1.24 bits per heavy atom. The summed E-state index contributed by atoms with van der Waals surface area (Å²) in [4.78, 5) is 24.5. The number of hydrogen-bond donors (Lipinski definition) is 1. The van der Waals surface area contributed by atoms with E-state index in [4.69, 9.17) is 5.11 Å². The third-order valence-corrected chi connectivity index (χ3v) is 4.61. The predicted octanol–water partition coefficient (Wildman–Crippen LogP) is 1.85. The standard InChI is InChI=1S/C13H23NO3/c1-8(11(16)17)7-14(6)10(15)9-12(2,3)13(9,4)5/h8-9H,7H2,1-6H3,(H,16,17)/t8-/m0/s1. The van der Waals surface area contributed by atoms with Crippen molar-refractivity contribution in [1.29, 1.82) is 0 Å². The average molecular weight is 241 g/mol. The molecule has 0 aliphatic heterocycles. The maximum absolute atomic E-state index is 12.2. The van der Waals surface area contributed by atoms with Gasteiger partial charge in [-0.3, -0.25) is 9.59 Å². The maximum atomic E-state index is 12.2. The van der Waals surface area contributed by atoms with Gasteiger partial charge in [-0.1, -0.05) is 34.6 Å². The van der Waals surface area contributed by atoms with Crippen molar-refractivity contribution >= 4 is 11.9 Å². The Hall–Kier alpha value is -1.06. The minimum Gasteiger partial charge on any atom is -0.481 e. The minimum atomic E-state index is -0.862. The number of carboxylic acid groups (broad SMARTS) is 1. The summed E-state index contributed by atoms with van der Waals surface area (Å²) < 4.78 is 0. The van der Waals surface area contributed by atoms with Gasteiger partial charge in [0.15, 0.2) is 0 Å². The second-order valence-corrected chi connectivity index (χ2v) is 6.33. The number of hydrogen-bond acceptors (Lipinski definition) is 2. The first-order chi connectivity index (χ1) is 7.53. The van der Waals surface area contributed by atoms with Crippen molar-refractivity contribution in [2.45, 2.75) is 34.6 Å². The van der Waals surface area contributed by atoms with Crippen LogP contribution in [0.3, 0.4) is 0 Å². The third-order valence-electron chi connectivity index (χ3n) is 4.61. The molecule has 0 aromatic rings. The zero-order valence-corrected chi connectivity index (χ0v) is 11.6. The van der Waals surface area contributed by atoms with Gasteiger partial charge >= 0.3 is 5.97 Å². The molecular weight excluding hydrogens is 218 g/mol. The van der Waals surface area contributed by atoms with Crippen LogP contribution in [0.4, 0.5) is 0 Å². The second-order valence-electron chi connectivity index (χ2n) is 6.33. The average Bonchev–Trinajstić information content (AvgIpc) is 2.56. The summed E-state index contributed by atoms with van der Waals surface area (Å²) in [7, 11) is 1.69. The van der Waals surface area contributed by atoms with E-state index in [1.54, 1.807) is 18.9 Å². The highest BCUT2D eigenvalue weighted by molar-refractivity contribution is 5.84. The number of carbonyl (C=O) groups is 2. The molecule has 0 saturated heterocycles. The van der Waals surface area contributed by atoms with Gasteiger partial charge in [-0.2, -0.15) is 0 Å². The monoisotopic (exact) mass is 241 g/mol. The summed E-state index contributed by atoms with van der Waals surface area (Å²) in [6, 6.07) is 0. The Bertz CT molecular complexity index is 333. The van der Waals surface area contributed by atoms with E-state index in [2.05, 4.69) is 27.7 Å². The fraction of sp³-hybridized carbons (Fsp3) is 0.846. The van der Waals surface area contributed by atoms with Crippen LogP contribution in [0.2, 0.25) is 0 Å². The number of carbonyl (C=O) groups excluding carboxylic acids is 1. The maximum Gasteiger partial charge on any atom is 0.308 e. The summed E-state index contributed by atoms with van der Waals surface area (Å²) in [5.41, 5.74) is 0.00953. The molecule has 0 radical (unpaired) electrons. The summed E-state index contributed by atoms with van der Waals surface area (Å²) >= 11 is 0. The van der Waals surface area contributed by atoms with Crippen LogP contribution in [-0.4, -0.2) is 35.5 Å². The zero-order chi connectivity index (χ0) is 13.6. The lowest BCUT2D eigenvalue weighted by molar-refractivity contribution is -0.143. The molecule has 1 rings (SSSR count). The molecule has 1 N–H and O–H groups in total. The smallest absolute Gasteiger partial charge is 0.308 e. The number of rotatable bonds is 4. The van der Waals surface area contributed by atoms with Gasteiger partial charge < -0.3 is 10.0 Å². The highest BCUT2D eigenvalue weighted by Gasteiger charge is 2.68. The van der Waals surface area contributed by atoms with Gasteiger partial charge in [0, 0.05) is 19.5 Å². The first-order valence-electron chi connectivity index (χ1n) is 6.01. The second kappa shape index (κ2) is 4.00. The molecule has 1 aliphatic rings. The number of carboxylic acids is 1. The summed E-state index contributed by atoms with van der Waals surface area (Å²) in [6.45, 7) is 10.2. The lowest BCUT2D eigenvalue weighted by Gasteiger charge is -2.20. The molecular formula is C13H23NO3. The van der Waals surface area contributed by atoms with Crippen molar-refractivity contribution in [3.63, 3.8) is 0 Å². The molecule has 4 nitrogen and oxygen atoms in total. The Morgan fingerprint density at radius 2 is 1.65 bits per heavy atom. The molecule has 1 aliphatic carbocycles. The Labute approximate surface area is 103 Å². The van der Waals surface area contributed by atoms with Crippen LogP contribution in [0.15, 0.2) is 0 Å². The van der Waals surface area contributed by atoms with E-state index in [1.165, 1.54) is 0 Å². The molecule has 1 saturated carbocycles.